The first-order valence-electron chi connectivity index (χ1n) is 7.09. The highest BCUT2D eigenvalue weighted by molar-refractivity contribution is 6.17. The van der Waals surface area contributed by atoms with E-state index in [1.165, 1.54) is 16.5 Å². The number of alkyl halides is 1. The van der Waals surface area contributed by atoms with Crippen molar-refractivity contribution in [2.45, 2.75) is 12.8 Å². The third kappa shape index (κ3) is 2.72. The van der Waals surface area contributed by atoms with Gasteiger partial charge in [-0.15, -0.1) is 11.6 Å². The highest BCUT2D eigenvalue weighted by atomic mass is 35.5. The Morgan fingerprint density at radius 1 is 1.05 bits per heavy atom. The molecule has 0 aliphatic carbocycles. The highest BCUT2D eigenvalue weighted by Gasteiger charge is 2.11. The van der Waals surface area contributed by atoms with Gasteiger partial charge in [-0.1, -0.05) is 36.4 Å². The summed E-state index contributed by atoms with van der Waals surface area (Å²) in [6.07, 6.45) is 1.82. The van der Waals surface area contributed by atoms with Crippen molar-refractivity contribution >= 4 is 33.9 Å². The van der Waals surface area contributed by atoms with Crippen LogP contribution in [0.15, 0.2) is 60.8 Å². The first-order valence-corrected chi connectivity index (χ1v) is 7.63. The average Bonchev–Trinajstić information content (AvgIpc) is 2.56. The molecule has 3 aromatic rings. The summed E-state index contributed by atoms with van der Waals surface area (Å²) in [5.74, 6) is 1.44. The smallest absolute Gasteiger partial charge is 0.133 e. The molecule has 0 atom stereocenters. The molecule has 0 N–H and O–H groups in total. The third-order valence-corrected chi connectivity index (χ3v) is 3.92. The molecule has 0 saturated heterocycles. The number of fused-ring (bicyclic) bond motifs is 1. The van der Waals surface area contributed by atoms with Gasteiger partial charge in [-0.05, 0) is 36.1 Å². The number of rotatable bonds is 4. The molecule has 2 nitrogen and oxygen atoms in total. The van der Waals surface area contributed by atoms with E-state index in [-0.39, 0.29) is 0 Å². The first-order chi connectivity index (χ1) is 10.3. The predicted octanol–water partition coefficient (Wildman–Crippen LogP) is 5.13. The number of hydrogen-bond donors (Lipinski definition) is 0. The Balaban J connectivity index is 2.13. The Kier molecular flexibility index (Phi) is 4.07. The second-order valence-corrected chi connectivity index (χ2v) is 5.17. The van der Waals surface area contributed by atoms with Crippen molar-refractivity contribution in [2.24, 2.45) is 0 Å². The Morgan fingerprint density at radius 3 is 2.67 bits per heavy atom. The number of hydrogen-bond acceptors (Lipinski definition) is 2. The molecule has 0 unspecified atom stereocenters. The molecule has 0 aliphatic rings. The van der Waals surface area contributed by atoms with E-state index in [4.69, 9.17) is 11.6 Å². The molecule has 3 heteroatoms. The molecule has 0 amide bonds. The zero-order valence-corrected chi connectivity index (χ0v) is 12.7. The zero-order valence-electron chi connectivity index (χ0n) is 12.0. The summed E-state index contributed by atoms with van der Waals surface area (Å²) in [7, 11) is 0. The Hall–Kier alpha value is -2.06. The van der Waals surface area contributed by atoms with Crippen LogP contribution in [-0.2, 0) is 5.88 Å². The quantitative estimate of drug-likeness (QED) is 0.620. The number of anilines is 2. The van der Waals surface area contributed by atoms with Gasteiger partial charge in [0.25, 0.3) is 0 Å². The van der Waals surface area contributed by atoms with Gasteiger partial charge in [0.05, 0.1) is 5.69 Å². The fourth-order valence-corrected chi connectivity index (χ4v) is 2.76. The van der Waals surface area contributed by atoms with Crippen molar-refractivity contribution in [1.29, 1.82) is 0 Å². The van der Waals surface area contributed by atoms with Crippen LogP contribution in [0.25, 0.3) is 10.8 Å². The van der Waals surface area contributed by atoms with Gasteiger partial charge in [-0.2, -0.15) is 0 Å². The molecular weight excluding hydrogens is 280 g/mol. The largest absolute Gasteiger partial charge is 0.326 e. The molecule has 0 bridgehead atoms. The summed E-state index contributed by atoms with van der Waals surface area (Å²) in [6, 6.07) is 18.8. The summed E-state index contributed by atoms with van der Waals surface area (Å²) < 4.78 is 0. The minimum Gasteiger partial charge on any atom is -0.326 e. The maximum atomic E-state index is 5.94. The van der Waals surface area contributed by atoms with E-state index in [2.05, 4.69) is 65.3 Å². The number of benzene rings is 2. The minimum absolute atomic E-state index is 0.503. The lowest BCUT2D eigenvalue weighted by Crippen LogP contribution is -2.17. The predicted molar refractivity (Wildman–Crippen MR) is 90.4 cm³/mol. The molecule has 2 aromatic carbocycles. The SMILES string of the molecule is CCN(c1cc(CCl)ccn1)c1cccc2ccccc12. The molecule has 1 aromatic heterocycles. The van der Waals surface area contributed by atoms with Crippen molar-refractivity contribution in [1.82, 2.24) is 4.98 Å². The lowest BCUT2D eigenvalue weighted by atomic mass is 10.1. The fraction of sp³-hybridized carbons (Fsp3) is 0.167. The summed E-state index contributed by atoms with van der Waals surface area (Å²) in [5, 5.41) is 2.47. The first kappa shape index (κ1) is 13.9. The van der Waals surface area contributed by atoms with Crippen LogP contribution in [0.1, 0.15) is 12.5 Å². The molecule has 3 rings (SSSR count). The summed E-state index contributed by atoms with van der Waals surface area (Å²) >= 11 is 5.94. The Bertz CT molecular complexity index is 750. The average molecular weight is 297 g/mol. The maximum Gasteiger partial charge on any atom is 0.133 e. The number of aromatic nitrogens is 1. The molecule has 0 radical (unpaired) electrons. The van der Waals surface area contributed by atoms with E-state index in [1.54, 1.807) is 0 Å². The summed E-state index contributed by atoms with van der Waals surface area (Å²) in [5.41, 5.74) is 2.26. The van der Waals surface area contributed by atoms with Crippen LogP contribution in [0, 0.1) is 0 Å². The molecule has 0 fully saturated rings. The molecular formula is C18H17ClN2. The van der Waals surface area contributed by atoms with Crippen LogP contribution in [0.2, 0.25) is 0 Å². The number of nitrogens with zero attached hydrogens (tertiary/aromatic N) is 2. The van der Waals surface area contributed by atoms with Crippen molar-refractivity contribution in [3.8, 4) is 0 Å². The molecule has 0 saturated carbocycles. The van der Waals surface area contributed by atoms with Gasteiger partial charge in [0.2, 0.25) is 0 Å². The lowest BCUT2D eigenvalue weighted by Gasteiger charge is -2.24. The number of pyridine rings is 1. The second kappa shape index (κ2) is 6.15. The van der Waals surface area contributed by atoms with Gasteiger partial charge in [-0.3, -0.25) is 0 Å². The fourth-order valence-electron chi connectivity index (χ4n) is 2.59. The summed E-state index contributed by atoms with van der Waals surface area (Å²) in [4.78, 5) is 6.73. The Labute approximate surface area is 130 Å². The van der Waals surface area contributed by atoms with Gasteiger partial charge < -0.3 is 4.90 Å². The Morgan fingerprint density at radius 2 is 1.86 bits per heavy atom. The van der Waals surface area contributed by atoms with E-state index in [1.807, 2.05) is 12.3 Å². The van der Waals surface area contributed by atoms with Crippen LogP contribution >= 0.6 is 11.6 Å². The lowest BCUT2D eigenvalue weighted by molar-refractivity contribution is 0.991. The highest BCUT2D eigenvalue weighted by Crippen LogP contribution is 2.31. The van der Waals surface area contributed by atoms with E-state index < -0.39 is 0 Å². The van der Waals surface area contributed by atoms with Crippen LogP contribution in [-0.4, -0.2) is 11.5 Å². The normalized spacial score (nSPS) is 10.8. The standard InChI is InChI=1S/C18H17ClN2/c1-2-21(18-12-14(13-19)10-11-20-18)17-9-5-7-15-6-3-4-8-16(15)17/h3-12H,2,13H2,1H3. The second-order valence-electron chi connectivity index (χ2n) is 4.90. The zero-order chi connectivity index (χ0) is 14.7. The topological polar surface area (TPSA) is 16.1 Å². The minimum atomic E-state index is 0.503. The van der Waals surface area contributed by atoms with E-state index in [9.17, 15) is 0 Å². The van der Waals surface area contributed by atoms with Gasteiger partial charge >= 0.3 is 0 Å². The molecule has 0 aliphatic heterocycles. The summed E-state index contributed by atoms with van der Waals surface area (Å²) in [6.45, 7) is 2.99. The van der Waals surface area contributed by atoms with Gasteiger partial charge in [-0.25, -0.2) is 4.98 Å². The van der Waals surface area contributed by atoms with E-state index >= 15 is 0 Å². The molecule has 0 spiro atoms. The van der Waals surface area contributed by atoms with Crippen molar-refractivity contribution in [3.05, 3.63) is 66.4 Å². The van der Waals surface area contributed by atoms with Crippen molar-refractivity contribution in [2.75, 3.05) is 11.4 Å². The maximum absolute atomic E-state index is 5.94. The number of halogens is 1. The van der Waals surface area contributed by atoms with Gasteiger partial charge in [0, 0.05) is 24.0 Å². The van der Waals surface area contributed by atoms with E-state index in [0.717, 1.165) is 17.9 Å². The monoisotopic (exact) mass is 296 g/mol. The third-order valence-electron chi connectivity index (χ3n) is 3.61. The van der Waals surface area contributed by atoms with Crippen molar-refractivity contribution < 1.29 is 0 Å². The van der Waals surface area contributed by atoms with Crippen LogP contribution in [0.5, 0.6) is 0 Å². The van der Waals surface area contributed by atoms with Gasteiger partial charge in [0.1, 0.15) is 5.82 Å². The van der Waals surface area contributed by atoms with Crippen LogP contribution in [0.3, 0.4) is 0 Å². The van der Waals surface area contributed by atoms with E-state index in [0.29, 0.717) is 5.88 Å². The van der Waals surface area contributed by atoms with Crippen molar-refractivity contribution in [3.63, 3.8) is 0 Å². The van der Waals surface area contributed by atoms with Gasteiger partial charge in [0.15, 0.2) is 0 Å². The van der Waals surface area contributed by atoms with Crippen LogP contribution in [0.4, 0.5) is 11.5 Å². The van der Waals surface area contributed by atoms with Crippen LogP contribution < -0.4 is 4.90 Å². The molecule has 21 heavy (non-hydrogen) atoms. The molecule has 106 valence electrons. The molecule has 1 heterocycles.